The fourth-order valence-electron chi connectivity index (χ4n) is 4.55. The van der Waals surface area contributed by atoms with Crippen LogP contribution in [-0.2, 0) is 19.1 Å². The van der Waals surface area contributed by atoms with Gasteiger partial charge in [0.25, 0.3) is 11.8 Å². The maximum Gasteiger partial charge on any atom is 0.309 e. The van der Waals surface area contributed by atoms with E-state index in [1.807, 2.05) is 0 Å². The lowest BCUT2D eigenvalue weighted by Crippen LogP contribution is -2.53. The van der Waals surface area contributed by atoms with Crippen molar-refractivity contribution < 1.29 is 27.8 Å². The van der Waals surface area contributed by atoms with Crippen molar-refractivity contribution in [3.63, 3.8) is 0 Å². The summed E-state index contributed by atoms with van der Waals surface area (Å²) in [6, 6.07) is 2.83. The maximum atomic E-state index is 13.7. The van der Waals surface area contributed by atoms with E-state index in [4.69, 9.17) is 20.3 Å². The molecular formula is C20H22F2N4O4. The first kappa shape index (κ1) is 20.4. The molecule has 10 heteroatoms. The smallest absolute Gasteiger partial charge is 0.309 e. The highest BCUT2D eigenvalue weighted by Crippen LogP contribution is 2.47. The van der Waals surface area contributed by atoms with E-state index in [0.717, 1.165) is 6.07 Å². The number of carbonyl (C=O) groups is 2. The van der Waals surface area contributed by atoms with Gasteiger partial charge in [-0.05, 0) is 30.5 Å². The van der Waals surface area contributed by atoms with E-state index in [1.165, 1.54) is 24.0 Å². The van der Waals surface area contributed by atoms with Gasteiger partial charge in [-0.3, -0.25) is 20.4 Å². The second-order valence-corrected chi connectivity index (χ2v) is 7.85. The Morgan fingerprint density at radius 1 is 1.17 bits per heavy atom. The summed E-state index contributed by atoms with van der Waals surface area (Å²) in [7, 11) is 0. The number of nitrogens with one attached hydrogen (secondary N) is 2. The summed E-state index contributed by atoms with van der Waals surface area (Å²) >= 11 is 0. The van der Waals surface area contributed by atoms with Crippen molar-refractivity contribution in [3.05, 3.63) is 35.4 Å². The number of hydrogen-bond donors (Lipinski definition) is 2. The number of fused-ring (bicyclic) bond motifs is 1. The number of likely N-dealkylation sites (tertiary alicyclic amines) is 1. The Labute approximate surface area is 171 Å². The SMILES string of the molecule is CC(=N)OC(=N)C(=O)N1CCC2(CC1)O[C@@H]1CC[C@@H](c3cc(F)cc(F)c3)N1C2=O. The minimum absolute atomic E-state index is 0.202. The molecule has 0 saturated carbocycles. The molecule has 0 bridgehead atoms. The number of rotatable bonds is 1. The third-order valence-electron chi connectivity index (χ3n) is 5.90. The van der Waals surface area contributed by atoms with E-state index in [-0.39, 0.29) is 37.7 Å². The van der Waals surface area contributed by atoms with Crippen LogP contribution in [-0.4, -0.2) is 58.3 Å². The molecule has 3 aliphatic heterocycles. The Morgan fingerprint density at radius 3 is 2.40 bits per heavy atom. The number of hydrogen-bond acceptors (Lipinski definition) is 6. The van der Waals surface area contributed by atoms with Gasteiger partial charge >= 0.3 is 5.91 Å². The molecule has 4 rings (SSSR count). The normalized spacial score (nSPS) is 24.8. The average Bonchev–Trinajstić information content (AvgIpc) is 3.19. The van der Waals surface area contributed by atoms with Gasteiger partial charge in [-0.2, -0.15) is 0 Å². The summed E-state index contributed by atoms with van der Waals surface area (Å²) in [5.41, 5.74) is -0.670. The standard InChI is InChI=1S/C20H22F2N4O4/c1-11(23)29-17(24)18(27)25-6-4-20(5-7-25)19(28)26-15(2-3-16(26)30-20)12-8-13(21)10-14(22)9-12/h8-10,15-16,23-24H,2-7H2,1H3/t15-,16+/m0/s1. The third-order valence-corrected chi connectivity index (χ3v) is 5.90. The van der Waals surface area contributed by atoms with Crippen molar-refractivity contribution in [2.45, 2.75) is 50.5 Å². The van der Waals surface area contributed by atoms with E-state index in [9.17, 15) is 18.4 Å². The molecule has 0 unspecified atom stereocenters. The summed E-state index contributed by atoms with van der Waals surface area (Å²) in [5.74, 6) is -3.13. The minimum atomic E-state index is -1.08. The number of nitrogens with zero attached hydrogens (tertiary/aromatic N) is 2. The number of carbonyl (C=O) groups excluding carboxylic acids is 2. The van der Waals surface area contributed by atoms with Crippen molar-refractivity contribution >= 4 is 23.6 Å². The first-order valence-corrected chi connectivity index (χ1v) is 9.77. The molecule has 0 radical (unpaired) electrons. The van der Waals surface area contributed by atoms with Gasteiger partial charge in [0, 0.05) is 38.9 Å². The highest BCUT2D eigenvalue weighted by Gasteiger charge is 2.58. The van der Waals surface area contributed by atoms with Crippen LogP contribution in [0.1, 0.15) is 44.2 Å². The van der Waals surface area contributed by atoms with Gasteiger partial charge in [0.05, 0.1) is 6.04 Å². The molecule has 0 aromatic heterocycles. The molecule has 3 fully saturated rings. The van der Waals surface area contributed by atoms with Crippen molar-refractivity contribution in [2.75, 3.05) is 13.1 Å². The molecule has 2 atom stereocenters. The van der Waals surface area contributed by atoms with Crippen molar-refractivity contribution in [1.82, 2.24) is 9.80 Å². The molecule has 2 N–H and O–H groups in total. The highest BCUT2D eigenvalue weighted by molar-refractivity contribution is 6.35. The van der Waals surface area contributed by atoms with Gasteiger partial charge in [0.2, 0.25) is 0 Å². The van der Waals surface area contributed by atoms with Gasteiger partial charge < -0.3 is 19.3 Å². The molecule has 3 saturated heterocycles. The lowest BCUT2D eigenvalue weighted by atomic mass is 9.89. The fraction of sp³-hybridized carbons (Fsp3) is 0.500. The molecule has 3 aliphatic rings. The van der Waals surface area contributed by atoms with Gasteiger partial charge in [-0.1, -0.05) is 0 Å². The Balaban J connectivity index is 1.47. The number of halogens is 2. The van der Waals surface area contributed by atoms with Crippen LogP contribution in [0.3, 0.4) is 0 Å². The lowest BCUT2D eigenvalue weighted by molar-refractivity contribution is -0.146. The molecule has 0 aliphatic carbocycles. The number of ether oxygens (including phenoxy) is 2. The zero-order chi connectivity index (χ0) is 21.6. The minimum Gasteiger partial charge on any atom is -0.421 e. The number of benzene rings is 1. The molecule has 1 spiro atoms. The van der Waals surface area contributed by atoms with E-state index in [0.29, 0.717) is 18.4 Å². The molecule has 30 heavy (non-hydrogen) atoms. The summed E-state index contributed by atoms with van der Waals surface area (Å²) in [6.45, 7) is 1.73. The Bertz CT molecular complexity index is 909. The Kier molecular flexibility index (Phi) is 5.05. The average molecular weight is 420 g/mol. The molecule has 1 aromatic rings. The van der Waals surface area contributed by atoms with Gasteiger partial charge in [0.15, 0.2) is 11.5 Å². The highest BCUT2D eigenvalue weighted by atomic mass is 19.1. The Morgan fingerprint density at radius 2 is 1.80 bits per heavy atom. The summed E-state index contributed by atoms with van der Waals surface area (Å²) < 4.78 is 38.2. The van der Waals surface area contributed by atoms with E-state index in [1.54, 1.807) is 4.90 Å². The van der Waals surface area contributed by atoms with Crippen molar-refractivity contribution in [3.8, 4) is 0 Å². The lowest BCUT2D eigenvalue weighted by Gasteiger charge is -2.37. The van der Waals surface area contributed by atoms with Crippen LogP contribution in [0.4, 0.5) is 8.78 Å². The number of piperidine rings is 1. The fourth-order valence-corrected chi connectivity index (χ4v) is 4.55. The van der Waals surface area contributed by atoms with Crippen LogP contribution in [0.5, 0.6) is 0 Å². The largest absolute Gasteiger partial charge is 0.421 e. The van der Waals surface area contributed by atoms with Crippen LogP contribution < -0.4 is 0 Å². The summed E-state index contributed by atoms with van der Waals surface area (Å²) in [6.07, 6.45) is 1.17. The van der Waals surface area contributed by atoms with Gasteiger partial charge in [-0.25, -0.2) is 8.78 Å². The van der Waals surface area contributed by atoms with E-state index in [2.05, 4.69) is 0 Å². The van der Waals surface area contributed by atoms with Gasteiger partial charge in [0.1, 0.15) is 17.9 Å². The van der Waals surface area contributed by atoms with Crippen molar-refractivity contribution in [1.29, 1.82) is 10.8 Å². The summed E-state index contributed by atoms with van der Waals surface area (Å²) in [5, 5.41) is 14.9. The molecule has 2 amide bonds. The second kappa shape index (κ2) is 7.42. The van der Waals surface area contributed by atoms with Crippen LogP contribution in [0.25, 0.3) is 0 Å². The summed E-state index contributed by atoms with van der Waals surface area (Å²) in [4.78, 5) is 28.6. The molecule has 3 heterocycles. The molecule has 160 valence electrons. The topological polar surface area (TPSA) is 107 Å². The zero-order valence-corrected chi connectivity index (χ0v) is 16.4. The van der Waals surface area contributed by atoms with Gasteiger partial charge in [-0.15, -0.1) is 0 Å². The predicted molar refractivity (Wildman–Crippen MR) is 101 cm³/mol. The van der Waals surface area contributed by atoms with Crippen LogP contribution in [0, 0.1) is 22.5 Å². The van der Waals surface area contributed by atoms with Crippen LogP contribution in [0.15, 0.2) is 18.2 Å². The van der Waals surface area contributed by atoms with Crippen molar-refractivity contribution in [2.24, 2.45) is 0 Å². The first-order chi connectivity index (χ1) is 14.2. The van der Waals surface area contributed by atoms with Crippen LogP contribution in [0.2, 0.25) is 0 Å². The zero-order valence-electron chi connectivity index (χ0n) is 16.4. The maximum absolute atomic E-state index is 13.7. The third kappa shape index (κ3) is 3.45. The second-order valence-electron chi connectivity index (χ2n) is 7.85. The predicted octanol–water partition coefficient (Wildman–Crippen LogP) is 2.34. The Hall–Kier alpha value is -2.88. The monoisotopic (exact) mass is 420 g/mol. The molecule has 1 aromatic carbocycles. The van der Waals surface area contributed by atoms with E-state index < -0.39 is 41.3 Å². The quantitative estimate of drug-likeness (QED) is 0.537. The molecular weight excluding hydrogens is 398 g/mol. The molecule has 8 nitrogen and oxygen atoms in total. The van der Waals surface area contributed by atoms with Crippen LogP contribution >= 0.6 is 0 Å². The number of amides is 2. The van der Waals surface area contributed by atoms with E-state index >= 15 is 0 Å². The first-order valence-electron chi connectivity index (χ1n) is 9.77.